The molecule has 1 unspecified atom stereocenters. The molecule has 1 fully saturated rings. The molecule has 0 aromatic heterocycles. The molecule has 0 bridgehead atoms. The van der Waals surface area contributed by atoms with Gasteiger partial charge in [0.25, 0.3) is 0 Å². The van der Waals surface area contributed by atoms with Gasteiger partial charge in [-0.15, -0.1) is 0 Å². The van der Waals surface area contributed by atoms with Crippen LogP contribution < -0.4 is 14.8 Å². The summed E-state index contributed by atoms with van der Waals surface area (Å²) < 4.78 is 39.1. The first-order valence-corrected chi connectivity index (χ1v) is 12.1. The molecule has 1 aliphatic heterocycles. The SMILES string of the molecule is COc1ccc(S(=O)(=O)N(CC(=O)N2CCNCC2)CC(C)c2ccccc2)cc1OC. The quantitative estimate of drug-likeness (QED) is 0.614. The molecule has 8 nitrogen and oxygen atoms in total. The van der Waals surface area contributed by atoms with Crippen LogP contribution in [0.2, 0.25) is 0 Å². The molecule has 0 spiro atoms. The molecular weight excluding hydrogens is 430 g/mol. The Balaban J connectivity index is 1.91. The van der Waals surface area contributed by atoms with Gasteiger partial charge < -0.3 is 19.7 Å². The summed E-state index contributed by atoms with van der Waals surface area (Å²) in [6.45, 7) is 4.46. The van der Waals surface area contributed by atoms with Crippen molar-refractivity contribution in [1.29, 1.82) is 0 Å². The Hall–Kier alpha value is -2.62. The summed E-state index contributed by atoms with van der Waals surface area (Å²) in [6.07, 6.45) is 0. The van der Waals surface area contributed by atoms with E-state index in [0.29, 0.717) is 37.7 Å². The van der Waals surface area contributed by atoms with Crippen molar-refractivity contribution in [3.8, 4) is 11.5 Å². The largest absolute Gasteiger partial charge is 0.493 e. The van der Waals surface area contributed by atoms with Crippen LogP contribution in [-0.2, 0) is 14.8 Å². The fourth-order valence-electron chi connectivity index (χ4n) is 3.73. The van der Waals surface area contributed by atoms with E-state index in [-0.39, 0.29) is 29.8 Å². The lowest BCUT2D eigenvalue weighted by Gasteiger charge is -2.31. The first kappa shape index (κ1) is 24.0. The highest BCUT2D eigenvalue weighted by Crippen LogP contribution is 2.31. The normalized spacial score (nSPS) is 15.4. The minimum atomic E-state index is -3.96. The number of amides is 1. The van der Waals surface area contributed by atoms with Gasteiger partial charge in [-0.25, -0.2) is 8.42 Å². The molecule has 3 rings (SSSR count). The van der Waals surface area contributed by atoms with Gasteiger partial charge in [-0.05, 0) is 23.6 Å². The highest BCUT2D eigenvalue weighted by Gasteiger charge is 2.31. The minimum Gasteiger partial charge on any atom is -0.493 e. The summed E-state index contributed by atoms with van der Waals surface area (Å²) in [6, 6.07) is 14.2. The number of carbonyl (C=O) groups excluding carboxylic acids is 1. The Kier molecular flexibility index (Phi) is 8.11. The second kappa shape index (κ2) is 10.8. The van der Waals surface area contributed by atoms with Gasteiger partial charge in [0, 0.05) is 38.8 Å². The summed E-state index contributed by atoms with van der Waals surface area (Å²) in [5.74, 6) is 0.461. The number of rotatable bonds is 9. The fourth-order valence-corrected chi connectivity index (χ4v) is 5.23. The summed E-state index contributed by atoms with van der Waals surface area (Å²) in [7, 11) is -1.01. The van der Waals surface area contributed by atoms with Crippen molar-refractivity contribution >= 4 is 15.9 Å². The van der Waals surface area contributed by atoms with Crippen LogP contribution in [0.25, 0.3) is 0 Å². The van der Waals surface area contributed by atoms with Crippen molar-refractivity contribution in [3.05, 3.63) is 54.1 Å². The first-order valence-electron chi connectivity index (χ1n) is 10.6. The van der Waals surface area contributed by atoms with Crippen molar-refractivity contribution < 1.29 is 22.7 Å². The monoisotopic (exact) mass is 461 g/mol. The number of benzene rings is 2. The highest BCUT2D eigenvalue weighted by atomic mass is 32.2. The van der Waals surface area contributed by atoms with E-state index in [2.05, 4.69) is 5.32 Å². The average Bonchev–Trinajstić information content (AvgIpc) is 2.84. The van der Waals surface area contributed by atoms with Crippen LogP contribution in [0.4, 0.5) is 0 Å². The number of nitrogens with one attached hydrogen (secondary N) is 1. The minimum absolute atomic E-state index is 0.0588. The number of sulfonamides is 1. The average molecular weight is 462 g/mol. The lowest BCUT2D eigenvalue weighted by molar-refractivity contribution is -0.132. The third kappa shape index (κ3) is 5.59. The Morgan fingerprint density at radius 2 is 1.72 bits per heavy atom. The molecule has 174 valence electrons. The predicted molar refractivity (Wildman–Crippen MR) is 123 cm³/mol. The lowest BCUT2D eigenvalue weighted by atomic mass is 10.0. The Morgan fingerprint density at radius 1 is 1.06 bits per heavy atom. The molecule has 2 aromatic carbocycles. The maximum Gasteiger partial charge on any atom is 0.243 e. The Morgan fingerprint density at radius 3 is 2.34 bits per heavy atom. The standard InChI is InChI=1S/C23H31N3O5S/c1-18(19-7-5-4-6-8-19)16-26(17-23(27)25-13-11-24-12-14-25)32(28,29)20-9-10-21(30-2)22(15-20)31-3/h4-10,15,18,24H,11-14,16-17H2,1-3H3. The molecule has 0 aliphatic carbocycles. The summed E-state index contributed by atoms with van der Waals surface area (Å²) in [5, 5.41) is 3.20. The zero-order valence-electron chi connectivity index (χ0n) is 18.8. The molecule has 1 N–H and O–H groups in total. The predicted octanol–water partition coefficient (Wildman–Crippen LogP) is 1.93. The van der Waals surface area contributed by atoms with Crippen molar-refractivity contribution in [1.82, 2.24) is 14.5 Å². The van der Waals surface area contributed by atoms with Gasteiger partial charge in [0.15, 0.2) is 11.5 Å². The van der Waals surface area contributed by atoms with Crippen molar-refractivity contribution in [2.75, 3.05) is 53.5 Å². The van der Waals surface area contributed by atoms with E-state index in [9.17, 15) is 13.2 Å². The molecule has 1 aliphatic rings. The van der Waals surface area contributed by atoms with Gasteiger partial charge in [-0.1, -0.05) is 37.3 Å². The van der Waals surface area contributed by atoms with Crippen LogP contribution in [0, 0.1) is 0 Å². The Bertz CT molecular complexity index is 1010. The lowest BCUT2D eigenvalue weighted by Crippen LogP contribution is -2.50. The Labute approximate surface area is 190 Å². The zero-order chi connectivity index (χ0) is 23.1. The first-order chi connectivity index (χ1) is 15.4. The van der Waals surface area contributed by atoms with Gasteiger partial charge in [-0.2, -0.15) is 4.31 Å². The molecule has 1 atom stereocenters. The molecule has 9 heteroatoms. The second-order valence-electron chi connectivity index (χ2n) is 7.76. The van der Waals surface area contributed by atoms with E-state index < -0.39 is 10.0 Å². The van der Waals surface area contributed by atoms with Gasteiger partial charge in [-0.3, -0.25) is 4.79 Å². The number of piperazine rings is 1. The van der Waals surface area contributed by atoms with E-state index in [1.165, 1.54) is 30.7 Å². The van der Waals surface area contributed by atoms with E-state index in [1.54, 1.807) is 11.0 Å². The summed E-state index contributed by atoms with van der Waals surface area (Å²) in [4.78, 5) is 14.7. The van der Waals surface area contributed by atoms with E-state index in [4.69, 9.17) is 9.47 Å². The van der Waals surface area contributed by atoms with Crippen molar-refractivity contribution in [2.45, 2.75) is 17.7 Å². The summed E-state index contributed by atoms with van der Waals surface area (Å²) >= 11 is 0. The van der Waals surface area contributed by atoms with Gasteiger partial charge >= 0.3 is 0 Å². The van der Waals surface area contributed by atoms with Gasteiger partial charge in [0.1, 0.15) is 0 Å². The number of methoxy groups -OCH3 is 2. The van der Waals surface area contributed by atoms with Crippen LogP contribution in [0.1, 0.15) is 18.4 Å². The molecule has 1 saturated heterocycles. The highest BCUT2D eigenvalue weighted by molar-refractivity contribution is 7.89. The smallest absolute Gasteiger partial charge is 0.243 e. The molecule has 2 aromatic rings. The molecular formula is C23H31N3O5S. The van der Waals surface area contributed by atoms with Crippen LogP contribution in [0.15, 0.2) is 53.4 Å². The molecule has 1 amide bonds. The zero-order valence-corrected chi connectivity index (χ0v) is 19.6. The van der Waals surface area contributed by atoms with Crippen LogP contribution in [0.5, 0.6) is 11.5 Å². The van der Waals surface area contributed by atoms with Gasteiger partial charge in [0.2, 0.25) is 15.9 Å². The topological polar surface area (TPSA) is 88.2 Å². The van der Waals surface area contributed by atoms with Crippen LogP contribution in [0.3, 0.4) is 0 Å². The van der Waals surface area contributed by atoms with Crippen molar-refractivity contribution in [3.63, 3.8) is 0 Å². The van der Waals surface area contributed by atoms with E-state index in [0.717, 1.165) is 5.56 Å². The third-order valence-corrected chi connectivity index (χ3v) is 7.43. The van der Waals surface area contributed by atoms with Crippen LogP contribution in [-0.4, -0.2) is 77.0 Å². The van der Waals surface area contributed by atoms with E-state index in [1.807, 2.05) is 37.3 Å². The number of nitrogens with zero attached hydrogens (tertiary/aromatic N) is 2. The number of carbonyl (C=O) groups is 1. The molecule has 32 heavy (non-hydrogen) atoms. The molecule has 1 heterocycles. The number of ether oxygens (including phenoxy) is 2. The maximum absolute atomic E-state index is 13.6. The van der Waals surface area contributed by atoms with Crippen LogP contribution >= 0.6 is 0 Å². The van der Waals surface area contributed by atoms with E-state index >= 15 is 0 Å². The molecule has 0 radical (unpaired) electrons. The fraction of sp³-hybridized carbons (Fsp3) is 0.435. The van der Waals surface area contributed by atoms with Gasteiger partial charge in [0.05, 0.1) is 25.7 Å². The third-order valence-electron chi connectivity index (χ3n) is 5.62. The number of hydrogen-bond donors (Lipinski definition) is 1. The maximum atomic E-state index is 13.6. The van der Waals surface area contributed by atoms with Crippen molar-refractivity contribution in [2.24, 2.45) is 0 Å². The molecule has 0 saturated carbocycles. The summed E-state index contributed by atoms with van der Waals surface area (Å²) in [5.41, 5.74) is 1.01. The number of hydrogen-bond acceptors (Lipinski definition) is 6. The second-order valence-corrected chi connectivity index (χ2v) is 9.69.